The number of ketones is 1. The number of aromatic hydroxyl groups is 1. The number of methoxy groups -OCH3 is 1. The average Bonchev–Trinajstić information content (AvgIpc) is 3.47. The van der Waals surface area contributed by atoms with Gasteiger partial charge in [0.15, 0.2) is 11.5 Å². The average molecular weight is 478 g/mol. The second-order valence-corrected chi connectivity index (χ2v) is 8.04. The normalized spacial score (nSPS) is 17.1. The third kappa shape index (κ3) is 4.84. The maximum absolute atomic E-state index is 13.2. The highest BCUT2D eigenvalue weighted by Gasteiger charge is 2.46. The monoisotopic (exact) mass is 477 g/mol. The van der Waals surface area contributed by atoms with Crippen molar-refractivity contribution < 1.29 is 29.3 Å². The number of nitrogens with zero attached hydrogens (tertiary/aromatic N) is 3. The Balaban J connectivity index is 1.76. The molecular formula is C26H27N3O6. The number of phenols is 1. The topological polar surface area (TPSA) is 114 Å². The van der Waals surface area contributed by atoms with Gasteiger partial charge in [0.05, 0.1) is 31.7 Å². The number of ether oxygens (including phenoxy) is 2. The van der Waals surface area contributed by atoms with E-state index in [0.717, 1.165) is 0 Å². The molecule has 2 heterocycles. The molecule has 9 nitrogen and oxygen atoms in total. The summed E-state index contributed by atoms with van der Waals surface area (Å²) in [5.74, 6) is -0.961. The number of hydrogen-bond donors (Lipinski definition) is 2. The fourth-order valence-corrected chi connectivity index (χ4v) is 4.18. The lowest BCUT2D eigenvalue weighted by atomic mass is 9.95. The molecule has 1 aliphatic heterocycles. The van der Waals surface area contributed by atoms with Crippen molar-refractivity contribution in [3.8, 4) is 17.2 Å². The molecule has 2 aromatic carbocycles. The Labute approximate surface area is 202 Å². The van der Waals surface area contributed by atoms with Crippen LogP contribution < -0.4 is 9.47 Å². The summed E-state index contributed by atoms with van der Waals surface area (Å²) in [6.07, 6.45) is 5.75. The van der Waals surface area contributed by atoms with Crippen LogP contribution in [0.1, 0.15) is 30.5 Å². The van der Waals surface area contributed by atoms with Crippen LogP contribution in [0.4, 0.5) is 0 Å². The van der Waals surface area contributed by atoms with E-state index in [0.29, 0.717) is 36.4 Å². The van der Waals surface area contributed by atoms with Crippen LogP contribution in [-0.4, -0.2) is 56.6 Å². The first-order valence-electron chi connectivity index (χ1n) is 11.3. The van der Waals surface area contributed by atoms with Crippen LogP contribution in [0.5, 0.6) is 17.2 Å². The minimum absolute atomic E-state index is 0.0177. The van der Waals surface area contributed by atoms with Crippen molar-refractivity contribution in [2.24, 2.45) is 0 Å². The summed E-state index contributed by atoms with van der Waals surface area (Å²) < 4.78 is 12.6. The summed E-state index contributed by atoms with van der Waals surface area (Å²) >= 11 is 0. The molecule has 1 aliphatic rings. The zero-order chi connectivity index (χ0) is 24.9. The van der Waals surface area contributed by atoms with Gasteiger partial charge in [-0.15, -0.1) is 0 Å². The number of carbonyl (C=O) groups excluding carboxylic acids is 2. The molecule has 0 saturated carbocycles. The predicted molar refractivity (Wildman–Crippen MR) is 128 cm³/mol. The number of carbonyl (C=O) groups is 2. The molecule has 1 saturated heterocycles. The lowest BCUT2D eigenvalue weighted by Crippen LogP contribution is -2.31. The van der Waals surface area contributed by atoms with Gasteiger partial charge >= 0.3 is 0 Å². The molecule has 4 rings (SSSR count). The number of likely N-dealkylation sites (tertiary alicyclic amines) is 1. The zero-order valence-electron chi connectivity index (χ0n) is 19.5. The number of aromatic nitrogens is 2. The standard InChI is InChI=1S/C26H27N3O6/c1-3-35-21-15-18(7-10-20(21)30)23-22(24(31)17-5-8-19(34-2)9-6-17)25(32)26(33)29(23)13-4-12-28-14-11-27-16-28/h5-11,14-16,23,30-31H,3-4,12-13H2,1-2H3/b24-22+. The first-order chi connectivity index (χ1) is 16.9. The van der Waals surface area contributed by atoms with Crippen LogP contribution in [0.2, 0.25) is 0 Å². The third-order valence-electron chi connectivity index (χ3n) is 5.88. The number of phenolic OH excluding ortho intramolecular Hbond substituents is 1. The van der Waals surface area contributed by atoms with Gasteiger partial charge in [-0.25, -0.2) is 4.98 Å². The number of aryl methyl sites for hydroxylation is 1. The van der Waals surface area contributed by atoms with Gasteiger partial charge in [-0.05, 0) is 55.3 Å². The Morgan fingerprint density at radius 2 is 1.89 bits per heavy atom. The fraction of sp³-hybridized carbons (Fsp3) is 0.269. The van der Waals surface area contributed by atoms with E-state index in [1.807, 2.05) is 10.8 Å². The predicted octanol–water partition coefficient (Wildman–Crippen LogP) is 3.51. The molecule has 1 fully saturated rings. The Bertz CT molecular complexity index is 1230. The Kier molecular flexibility index (Phi) is 7.05. The van der Waals surface area contributed by atoms with Crippen molar-refractivity contribution >= 4 is 17.4 Å². The summed E-state index contributed by atoms with van der Waals surface area (Å²) in [6.45, 7) is 3.00. The van der Waals surface area contributed by atoms with Gasteiger partial charge < -0.3 is 29.2 Å². The number of benzene rings is 2. The van der Waals surface area contributed by atoms with Crippen LogP contribution in [0.3, 0.4) is 0 Å². The summed E-state index contributed by atoms with van der Waals surface area (Å²) in [4.78, 5) is 31.8. The van der Waals surface area contributed by atoms with Gasteiger partial charge in [-0.3, -0.25) is 9.59 Å². The Morgan fingerprint density at radius 3 is 2.54 bits per heavy atom. The van der Waals surface area contributed by atoms with Crippen LogP contribution in [0.25, 0.3) is 5.76 Å². The first-order valence-corrected chi connectivity index (χ1v) is 11.3. The van der Waals surface area contributed by atoms with Gasteiger partial charge in [-0.2, -0.15) is 0 Å². The zero-order valence-corrected chi connectivity index (χ0v) is 19.5. The maximum atomic E-state index is 13.2. The highest BCUT2D eigenvalue weighted by molar-refractivity contribution is 6.46. The highest BCUT2D eigenvalue weighted by atomic mass is 16.5. The van der Waals surface area contributed by atoms with Crippen LogP contribution in [0, 0.1) is 0 Å². The molecule has 1 atom stereocenters. The molecule has 182 valence electrons. The number of aliphatic hydroxyl groups excluding tert-OH is 1. The summed E-state index contributed by atoms with van der Waals surface area (Å²) in [5, 5.41) is 21.3. The SMILES string of the molecule is CCOc1cc(C2/C(=C(\O)c3ccc(OC)cc3)C(=O)C(=O)N2CCCn2ccnc2)ccc1O. The van der Waals surface area contributed by atoms with E-state index in [1.165, 1.54) is 18.1 Å². The van der Waals surface area contributed by atoms with Gasteiger partial charge in [0, 0.05) is 31.0 Å². The van der Waals surface area contributed by atoms with Gasteiger partial charge in [0.25, 0.3) is 11.7 Å². The maximum Gasteiger partial charge on any atom is 0.295 e. The van der Waals surface area contributed by atoms with Gasteiger partial charge in [-0.1, -0.05) is 6.07 Å². The van der Waals surface area contributed by atoms with Crippen LogP contribution in [-0.2, 0) is 16.1 Å². The fourth-order valence-electron chi connectivity index (χ4n) is 4.18. The summed E-state index contributed by atoms with van der Waals surface area (Å²) in [7, 11) is 1.53. The number of amides is 1. The number of aliphatic hydroxyl groups is 1. The van der Waals surface area contributed by atoms with Gasteiger partial charge in [0.2, 0.25) is 0 Å². The van der Waals surface area contributed by atoms with Gasteiger partial charge in [0.1, 0.15) is 11.5 Å². The molecule has 0 radical (unpaired) electrons. The summed E-state index contributed by atoms with van der Waals surface area (Å²) in [5.41, 5.74) is 0.912. The molecule has 0 spiro atoms. The molecule has 3 aromatic rings. The van der Waals surface area contributed by atoms with E-state index in [-0.39, 0.29) is 29.4 Å². The van der Waals surface area contributed by atoms with Crippen molar-refractivity contribution in [2.45, 2.75) is 25.9 Å². The minimum Gasteiger partial charge on any atom is -0.507 e. The van der Waals surface area contributed by atoms with E-state index >= 15 is 0 Å². The van der Waals surface area contributed by atoms with Crippen LogP contribution in [0.15, 0.2) is 66.8 Å². The molecule has 0 aliphatic carbocycles. The number of Topliss-reactive ketones (excluding diaryl/α,β-unsaturated/α-hetero) is 1. The van der Waals surface area contributed by atoms with Crippen molar-refractivity contribution in [3.63, 3.8) is 0 Å². The lowest BCUT2D eigenvalue weighted by molar-refractivity contribution is -0.139. The second kappa shape index (κ2) is 10.3. The van der Waals surface area contributed by atoms with Crippen molar-refractivity contribution in [1.82, 2.24) is 14.5 Å². The largest absolute Gasteiger partial charge is 0.507 e. The Morgan fingerprint density at radius 1 is 1.11 bits per heavy atom. The number of rotatable bonds is 9. The van der Waals surface area contributed by atoms with Crippen molar-refractivity contribution in [2.75, 3.05) is 20.3 Å². The van der Waals surface area contributed by atoms with E-state index in [4.69, 9.17) is 9.47 Å². The molecule has 1 unspecified atom stereocenters. The second-order valence-electron chi connectivity index (χ2n) is 8.04. The quantitative estimate of drug-likeness (QED) is 0.275. The lowest BCUT2D eigenvalue weighted by Gasteiger charge is -2.26. The van der Waals surface area contributed by atoms with Crippen molar-refractivity contribution in [1.29, 1.82) is 0 Å². The minimum atomic E-state index is -0.848. The molecule has 1 aromatic heterocycles. The smallest absolute Gasteiger partial charge is 0.295 e. The highest BCUT2D eigenvalue weighted by Crippen LogP contribution is 2.42. The molecule has 2 N–H and O–H groups in total. The summed E-state index contributed by atoms with van der Waals surface area (Å²) in [6, 6.07) is 10.4. The molecule has 9 heteroatoms. The Hall–Kier alpha value is -4.27. The van der Waals surface area contributed by atoms with Crippen molar-refractivity contribution in [3.05, 3.63) is 77.9 Å². The van der Waals surface area contributed by atoms with E-state index < -0.39 is 17.7 Å². The molecular weight excluding hydrogens is 450 g/mol. The van der Waals surface area contributed by atoms with Crippen LogP contribution >= 0.6 is 0 Å². The van der Waals surface area contributed by atoms with E-state index in [2.05, 4.69) is 4.98 Å². The molecule has 1 amide bonds. The first kappa shape index (κ1) is 23.9. The number of imidazole rings is 1. The third-order valence-corrected chi connectivity index (χ3v) is 5.88. The molecule has 35 heavy (non-hydrogen) atoms. The van der Waals surface area contributed by atoms with E-state index in [9.17, 15) is 19.8 Å². The number of hydrogen-bond acceptors (Lipinski definition) is 7. The molecule has 0 bridgehead atoms. The van der Waals surface area contributed by atoms with E-state index in [1.54, 1.807) is 55.8 Å².